The molecule has 0 unspecified atom stereocenters. The van der Waals surface area contributed by atoms with Crippen LogP contribution in [0.4, 0.5) is 9.59 Å². The fourth-order valence-electron chi connectivity index (χ4n) is 4.07. The molecule has 1 aliphatic heterocycles. The molecule has 3 amide bonds. The number of hydrogen-bond donors (Lipinski definition) is 1. The summed E-state index contributed by atoms with van der Waals surface area (Å²) in [6, 6.07) is 9.65. The van der Waals surface area contributed by atoms with E-state index < -0.39 is 23.8 Å². The molecule has 1 N–H and O–H groups in total. The molecule has 9 heteroatoms. The van der Waals surface area contributed by atoms with Gasteiger partial charge in [-0.1, -0.05) is 0 Å². The van der Waals surface area contributed by atoms with Crippen LogP contribution in [-0.2, 0) is 17.6 Å². The van der Waals surface area contributed by atoms with E-state index in [0.29, 0.717) is 35.8 Å². The van der Waals surface area contributed by atoms with E-state index in [-0.39, 0.29) is 6.04 Å². The maximum Gasteiger partial charge on any atom is 0.418 e. The van der Waals surface area contributed by atoms with Gasteiger partial charge in [-0.3, -0.25) is 0 Å². The number of rotatable bonds is 8. The number of carbonyl (C=O) groups excluding carboxylic acids is 2. The molecule has 9 nitrogen and oxygen atoms in total. The van der Waals surface area contributed by atoms with Gasteiger partial charge in [0, 0.05) is 12.1 Å². The second-order valence-corrected chi connectivity index (χ2v) is 9.32. The summed E-state index contributed by atoms with van der Waals surface area (Å²) >= 11 is 0. The quantitative estimate of drug-likeness (QED) is 0.597. The molecule has 0 radical (unpaired) electrons. The van der Waals surface area contributed by atoms with Crippen LogP contribution in [0, 0.1) is 0 Å². The third-order valence-electron chi connectivity index (χ3n) is 5.64. The molecule has 35 heavy (non-hydrogen) atoms. The van der Waals surface area contributed by atoms with E-state index in [1.54, 1.807) is 61.3 Å². The minimum Gasteiger partial charge on any atom is -0.497 e. The van der Waals surface area contributed by atoms with Crippen molar-refractivity contribution >= 4 is 12.1 Å². The molecular weight excluding hydrogens is 452 g/mol. The fourth-order valence-corrected chi connectivity index (χ4v) is 4.07. The molecule has 1 saturated heterocycles. The molecular formula is C26H34N2O7. The van der Waals surface area contributed by atoms with Crippen LogP contribution in [0.1, 0.15) is 31.9 Å². The zero-order valence-corrected chi connectivity index (χ0v) is 21.3. The number of carbonyl (C=O) groups is 2. The van der Waals surface area contributed by atoms with E-state index in [1.165, 1.54) is 4.90 Å². The van der Waals surface area contributed by atoms with Crippen LogP contribution in [0.2, 0.25) is 0 Å². The van der Waals surface area contributed by atoms with Crippen molar-refractivity contribution in [1.29, 1.82) is 0 Å². The lowest BCUT2D eigenvalue weighted by Crippen LogP contribution is -2.45. The van der Waals surface area contributed by atoms with Gasteiger partial charge < -0.3 is 29.0 Å². The van der Waals surface area contributed by atoms with Crippen LogP contribution in [0.15, 0.2) is 36.4 Å². The molecule has 190 valence electrons. The van der Waals surface area contributed by atoms with Crippen molar-refractivity contribution in [3.8, 4) is 23.0 Å². The Morgan fingerprint density at radius 3 is 1.63 bits per heavy atom. The summed E-state index contributed by atoms with van der Waals surface area (Å²) in [5.41, 5.74) is 0.995. The largest absolute Gasteiger partial charge is 0.497 e. The Labute approximate surface area is 206 Å². The number of imide groups is 1. The van der Waals surface area contributed by atoms with Gasteiger partial charge in [-0.15, -0.1) is 0 Å². The molecule has 0 saturated carbocycles. The molecule has 0 spiro atoms. The number of nitrogens with one attached hydrogen (secondary N) is 1. The summed E-state index contributed by atoms with van der Waals surface area (Å²) in [6.07, 6.45) is 0.127. The molecule has 1 fully saturated rings. The molecule has 3 rings (SSSR count). The molecule has 2 aromatic rings. The number of hydrogen-bond acceptors (Lipinski definition) is 7. The van der Waals surface area contributed by atoms with Crippen LogP contribution in [0.25, 0.3) is 0 Å². The van der Waals surface area contributed by atoms with Crippen LogP contribution in [0.3, 0.4) is 0 Å². The average Bonchev–Trinajstić information content (AvgIpc) is 3.11. The molecule has 0 aromatic heterocycles. The van der Waals surface area contributed by atoms with E-state index >= 15 is 0 Å². The summed E-state index contributed by atoms with van der Waals surface area (Å²) in [6.45, 7) is 5.29. The number of methoxy groups -OCH3 is 4. The van der Waals surface area contributed by atoms with Crippen molar-refractivity contribution in [3.05, 3.63) is 47.5 Å². The molecule has 0 aliphatic carbocycles. The first-order chi connectivity index (χ1) is 16.6. The van der Waals surface area contributed by atoms with Gasteiger partial charge in [-0.2, -0.15) is 0 Å². The standard InChI is InChI=1S/C26H34N2O7/c1-26(2,3)35-25(30)28-23(13-17-10-20(33-6)15-21(11-17)34-7)22(27-24(28)29)12-16-8-18(31-4)14-19(9-16)32-5/h8-11,14-15,22-23H,12-13H2,1-7H3,(H,27,29)/t22-,23-/m0/s1. The molecule has 2 atom stereocenters. The van der Waals surface area contributed by atoms with Gasteiger partial charge in [0.15, 0.2) is 0 Å². The summed E-state index contributed by atoms with van der Waals surface area (Å²) < 4.78 is 27.1. The second kappa shape index (κ2) is 10.8. The molecule has 1 aliphatic rings. The summed E-state index contributed by atoms with van der Waals surface area (Å²) in [7, 11) is 6.31. The Bertz CT molecular complexity index is 1020. The van der Waals surface area contributed by atoms with Gasteiger partial charge >= 0.3 is 12.1 Å². The average molecular weight is 487 g/mol. The van der Waals surface area contributed by atoms with Crippen molar-refractivity contribution < 1.29 is 33.3 Å². The Balaban J connectivity index is 1.98. The zero-order valence-electron chi connectivity index (χ0n) is 21.3. The predicted molar refractivity (Wildman–Crippen MR) is 131 cm³/mol. The van der Waals surface area contributed by atoms with Gasteiger partial charge in [0.25, 0.3) is 0 Å². The van der Waals surface area contributed by atoms with E-state index in [2.05, 4.69) is 5.32 Å². The Kier molecular flexibility index (Phi) is 7.99. The van der Waals surface area contributed by atoms with Gasteiger partial charge in [-0.25, -0.2) is 14.5 Å². The monoisotopic (exact) mass is 486 g/mol. The number of amides is 3. The van der Waals surface area contributed by atoms with Gasteiger partial charge in [0.1, 0.15) is 28.6 Å². The van der Waals surface area contributed by atoms with Crippen LogP contribution in [0.5, 0.6) is 23.0 Å². The minimum absolute atomic E-state index is 0.372. The summed E-state index contributed by atoms with van der Waals surface area (Å²) in [4.78, 5) is 27.2. The highest BCUT2D eigenvalue weighted by atomic mass is 16.6. The van der Waals surface area contributed by atoms with Gasteiger partial charge in [0.05, 0.1) is 40.5 Å². The number of benzene rings is 2. The lowest BCUT2D eigenvalue weighted by Gasteiger charge is -2.28. The highest BCUT2D eigenvalue weighted by Gasteiger charge is 2.45. The lowest BCUT2D eigenvalue weighted by molar-refractivity contribution is 0.0288. The second-order valence-electron chi connectivity index (χ2n) is 9.32. The summed E-state index contributed by atoms with van der Waals surface area (Å²) in [5.74, 6) is 2.52. The Hall–Kier alpha value is -3.62. The fraction of sp³-hybridized carbons (Fsp3) is 0.462. The van der Waals surface area contributed by atoms with E-state index in [9.17, 15) is 9.59 Å². The Morgan fingerprint density at radius 1 is 0.800 bits per heavy atom. The number of urea groups is 1. The van der Waals surface area contributed by atoms with Gasteiger partial charge in [0.2, 0.25) is 0 Å². The van der Waals surface area contributed by atoms with E-state index in [0.717, 1.165) is 11.1 Å². The molecule has 0 bridgehead atoms. The normalized spacial score (nSPS) is 17.6. The van der Waals surface area contributed by atoms with Gasteiger partial charge in [-0.05, 0) is 69.0 Å². The zero-order chi connectivity index (χ0) is 25.8. The number of nitrogens with zero attached hydrogens (tertiary/aromatic N) is 1. The molecule has 1 heterocycles. The third-order valence-corrected chi connectivity index (χ3v) is 5.64. The third kappa shape index (κ3) is 6.49. The molecule has 2 aromatic carbocycles. The first kappa shape index (κ1) is 26.0. The highest BCUT2D eigenvalue weighted by Crippen LogP contribution is 2.30. The first-order valence-corrected chi connectivity index (χ1v) is 11.3. The van der Waals surface area contributed by atoms with Crippen molar-refractivity contribution in [2.75, 3.05) is 28.4 Å². The van der Waals surface area contributed by atoms with E-state index in [1.807, 2.05) is 24.3 Å². The first-order valence-electron chi connectivity index (χ1n) is 11.3. The number of ether oxygens (including phenoxy) is 5. The highest BCUT2D eigenvalue weighted by molar-refractivity contribution is 5.93. The topological polar surface area (TPSA) is 95.6 Å². The van der Waals surface area contributed by atoms with Crippen molar-refractivity contribution in [2.24, 2.45) is 0 Å². The Morgan fingerprint density at radius 2 is 1.23 bits per heavy atom. The lowest BCUT2D eigenvalue weighted by atomic mass is 9.94. The van der Waals surface area contributed by atoms with E-state index in [4.69, 9.17) is 23.7 Å². The predicted octanol–water partition coefficient (Wildman–Crippen LogP) is 4.20. The van der Waals surface area contributed by atoms with Crippen LogP contribution >= 0.6 is 0 Å². The van der Waals surface area contributed by atoms with Crippen molar-refractivity contribution in [1.82, 2.24) is 10.2 Å². The van der Waals surface area contributed by atoms with Crippen LogP contribution < -0.4 is 24.3 Å². The minimum atomic E-state index is -0.751. The smallest absolute Gasteiger partial charge is 0.418 e. The van der Waals surface area contributed by atoms with Crippen molar-refractivity contribution in [3.63, 3.8) is 0 Å². The SMILES string of the molecule is COc1cc(C[C@@H]2NC(=O)N(C(=O)OC(C)(C)C)[C@H]2Cc2cc(OC)cc(OC)c2)cc(OC)c1. The summed E-state index contributed by atoms with van der Waals surface area (Å²) in [5, 5.41) is 2.96. The maximum atomic E-state index is 13.1. The maximum absolute atomic E-state index is 13.1. The van der Waals surface area contributed by atoms with Crippen LogP contribution in [-0.4, -0.2) is 63.1 Å². The van der Waals surface area contributed by atoms with Crippen molar-refractivity contribution in [2.45, 2.75) is 51.3 Å².